The first-order chi connectivity index (χ1) is 12.0. The van der Waals surface area contributed by atoms with Gasteiger partial charge in [-0.15, -0.1) is 11.3 Å². The normalized spacial score (nSPS) is 16.5. The molecule has 2 heterocycles. The monoisotopic (exact) mass is 361 g/mol. The van der Waals surface area contributed by atoms with E-state index in [-0.39, 0.29) is 5.91 Å². The zero-order valence-corrected chi connectivity index (χ0v) is 15.6. The molecule has 0 aromatic carbocycles. The summed E-state index contributed by atoms with van der Waals surface area (Å²) in [6.07, 6.45) is 4.55. The van der Waals surface area contributed by atoms with Crippen LogP contribution in [0.1, 0.15) is 69.3 Å². The van der Waals surface area contributed by atoms with Crippen LogP contribution in [0.4, 0.5) is 5.00 Å². The summed E-state index contributed by atoms with van der Waals surface area (Å²) in [5.74, 6) is 0.314. The summed E-state index contributed by atoms with van der Waals surface area (Å²) in [6.45, 7) is 5.81. The molecule has 3 rings (SSSR count). The Kier molecular flexibility index (Phi) is 4.94. The maximum absolute atomic E-state index is 12.7. The average Bonchev–Trinajstić information content (AvgIpc) is 3.13. The molecule has 2 aromatic heterocycles. The van der Waals surface area contributed by atoms with Crippen molar-refractivity contribution in [3.05, 3.63) is 33.0 Å². The fourth-order valence-electron chi connectivity index (χ4n) is 3.47. The van der Waals surface area contributed by atoms with Crippen LogP contribution in [0.15, 0.2) is 4.52 Å². The van der Waals surface area contributed by atoms with Gasteiger partial charge in [-0.25, -0.2) is 0 Å². The smallest absolute Gasteiger partial charge is 0.261 e. The molecule has 1 aliphatic rings. The number of anilines is 1. The van der Waals surface area contributed by atoms with E-state index in [0.29, 0.717) is 39.9 Å². The van der Waals surface area contributed by atoms with Gasteiger partial charge in [0.2, 0.25) is 0 Å². The predicted octanol–water partition coefficient (Wildman–Crippen LogP) is 3.47. The summed E-state index contributed by atoms with van der Waals surface area (Å²) >= 11 is 1.47. The number of aromatic nitrogens is 1. The van der Waals surface area contributed by atoms with Crippen molar-refractivity contribution in [3.8, 4) is 0 Å². The minimum Gasteiger partial charge on any atom is -0.365 e. The van der Waals surface area contributed by atoms with Crippen molar-refractivity contribution in [2.45, 2.75) is 52.9 Å². The van der Waals surface area contributed by atoms with Crippen molar-refractivity contribution in [2.24, 2.45) is 11.7 Å². The first-order valence-corrected chi connectivity index (χ1v) is 9.48. The Bertz CT molecular complexity index is 822. The number of primary amides is 1. The predicted molar refractivity (Wildman–Crippen MR) is 97.2 cm³/mol. The summed E-state index contributed by atoms with van der Waals surface area (Å²) in [5.41, 5.74) is 8.15. The van der Waals surface area contributed by atoms with Crippen LogP contribution in [0.5, 0.6) is 0 Å². The number of rotatable bonds is 5. The van der Waals surface area contributed by atoms with Crippen LogP contribution >= 0.6 is 11.3 Å². The Hall–Kier alpha value is -2.15. The highest BCUT2D eigenvalue weighted by Gasteiger charge is 2.29. The molecule has 0 saturated carbocycles. The first-order valence-electron chi connectivity index (χ1n) is 8.67. The maximum atomic E-state index is 12.7. The SMILES string of the molecule is CCc1noc(C)c1C(=O)Nc1sc2c(c1C(N)=O)CCC(CC)C2. The third kappa shape index (κ3) is 3.20. The van der Waals surface area contributed by atoms with E-state index < -0.39 is 5.91 Å². The van der Waals surface area contributed by atoms with Crippen molar-refractivity contribution < 1.29 is 14.1 Å². The number of nitrogens with two attached hydrogens (primary N) is 1. The Balaban J connectivity index is 1.95. The molecular formula is C18H23N3O3S. The Labute approximate surface area is 150 Å². The second-order valence-electron chi connectivity index (χ2n) is 6.46. The van der Waals surface area contributed by atoms with Gasteiger partial charge in [-0.05, 0) is 44.1 Å². The van der Waals surface area contributed by atoms with Gasteiger partial charge in [0.15, 0.2) is 0 Å². The number of amides is 2. The van der Waals surface area contributed by atoms with Crippen LogP contribution < -0.4 is 11.1 Å². The highest BCUT2D eigenvalue weighted by atomic mass is 32.1. The van der Waals surface area contributed by atoms with Crippen LogP contribution in [-0.2, 0) is 19.3 Å². The van der Waals surface area contributed by atoms with E-state index in [1.54, 1.807) is 6.92 Å². The van der Waals surface area contributed by atoms with Crippen LogP contribution in [-0.4, -0.2) is 17.0 Å². The van der Waals surface area contributed by atoms with Crippen LogP contribution in [0.3, 0.4) is 0 Å². The lowest BCUT2D eigenvalue weighted by atomic mass is 9.85. The minimum absolute atomic E-state index is 0.302. The quantitative estimate of drug-likeness (QED) is 0.852. The largest absolute Gasteiger partial charge is 0.365 e. The first kappa shape index (κ1) is 17.7. The van der Waals surface area contributed by atoms with Gasteiger partial charge in [0.05, 0.1) is 11.3 Å². The van der Waals surface area contributed by atoms with E-state index in [0.717, 1.165) is 31.2 Å². The van der Waals surface area contributed by atoms with Gasteiger partial charge in [-0.1, -0.05) is 25.4 Å². The molecule has 1 aliphatic carbocycles. The third-order valence-corrected chi connectivity index (χ3v) is 6.08. The number of hydrogen-bond acceptors (Lipinski definition) is 5. The van der Waals surface area contributed by atoms with Crippen molar-refractivity contribution in [1.82, 2.24) is 5.16 Å². The standard InChI is InChI=1S/C18H23N3O3S/c1-4-10-6-7-11-13(8-10)25-18(15(11)16(19)22)20-17(23)14-9(3)24-21-12(14)5-2/h10H,4-8H2,1-3H3,(H2,19,22)(H,20,23). The van der Waals surface area contributed by atoms with Crippen LogP contribution in [0, 0.1) is 12.8 Å². The van der Waals surface area contributed by atoms with E-state index in [4.69, 9.17) is 10.3 Å². The average molecular weight is 361 g/mol. The number of nitrogens with one attached hydrogen (secondary N) is 1. The number of hydrogen-bond donors (Lipinski definition) is 2. The highest BCUT2D eigenvalue weighted by Crippen LogP contribution is 2.40. The Morgan fingerprint density at radius 1 is 1.36 bits per heavy atom. The molecule has 1 unspecified atom stereocenters. The van der Waals surface area contributed by atoms with E-state index in [1.165, 1.54) is 16.2 Å². The molecule has 0 bridgehead atoms. The molecule has 6 nitrogen and oxygen atoms in total. The second-order valence-corrected chi connectivity index (χ2v) is 7.56. The van der Waals surface area contributed by atoms with Gasteiger partial charge in [0, 0.05) is 4.88 Å². The van der Waals surface area contributed by atoms with Crippen LogP contribution in [0.2, 0.25) is 0 Å². The summed E-state index contributed by atoms with van der Waals surface area (Å²) < 4.78 is 5.13. The number of carbonyl (C=O) groups excluding carboxylic acids is 2. The summed E-state index contributed by atoms with van der Waals surface area (Å²) in [4.78, 5) is 25.9. The molecule has 2 amide bonds. The van der Waals surface area contributed by atoms with Gasteiger partial charge in [-0.3, -0.25) is 9.59 Å². The van der Waals surface area contributed by atoms with Gasteiger partial charge in [-0.2, -0.15) is 0 Å². The van der Waals surface area contributed by atoms with Gasteiger partial charge in [0.1, 0.15) is 16.3 Å². The van der Waals surface area contributed by atoms with Gasteiger partial charge in [0.25, 0.3) is 11.8 Å². The molecular weight excluding hydrogens is 338 g/mol. The van der Waals surface area contributed by atoms with Gasteiger partial charge >= 0.3 is 0 Å². The number of thiophene rings is 1. The summed E-state index contributed by atoms with van der Waals surface area (Å²) in [7, 11) is 0. The zero-order valence-electron chi connectivity index (χ0n) is 14.8. The third-order valence-electron chi connectivity index (χ3n) is 4.91. The van der Waals surface area contributed by atoms with Crippen molar-refractivity contribution in [1.29, 1.82) is 0 Å². The topological polar surface area (TPSA) is 98.2 Å². The molecule has 0 radical (unpaired) electrons. The molecule has 0 spiro atoms. The summed E-state index contributed by atoms with van der Waals surface area (Å²) in [6, 6.07) is 0. The summed E-state index contributed by atoms with van der Waals surface area (Å²) in [5, 5.41) is 7.34. The molecule has 0 aliphatic heterocycles. The second kappa shape index (κ2) is 7.00. The molecule has 0 saturated heterocycles. The Morgan fingerprint density at radius 3 is 2.76 bits per heavy atom. The van der Waals surface area contributed by atoms with Gasteiger partial charge < -0.3 is 15.6 Å². The maximum Gasteiger partial charge on any atom is 0.261 e. The number of nitrogens with zero attached hydrogens (tertiary/aromatic N) is 1. The van der Waals surface area contributed by atoms with E-state index in [2.05, 4.69) is 17.4 Å². The molecule has 1 atom stereocenters. The molecule has 0 fully saturated rings. The van der Waals surface area contributed by atoms with E-state index in [1.807, 2.05) is 6.92 Å². The van der Waals surface area contributed by atoms with Crippen molar-refractivity contribution in [3.63, 3.8) is 0 Å². The lowest BCUT2D eigenvalue weighted by Gasteiger charge is -2.20. The van der Waals surface area contributed by atoms with E-state index in [9.17, 15) is 9.59 Å². The van der Waals surface area contributed by atoms with Crippen molar-refractivity contribution >= 4 is 28.2 Å². The fraction of sp³-hybridized carbons (Fsp3) is 0.500. The molecule has 2 aromatic rings. The zero-order chi connectivity index (χ0) is 18.1. The fourth-order valence-corrected chi connectivity index (χ4v) is 4.83. The van der Waals surface area contributed by atoms with Crippen molar-refractivity contribution in [2.75, 3.05) is 5.32 Å². The molecule has 25 heavy (non-hydrogen) atoms. The number of fused-ring (bicyclic) bond motifs is 1. The molecule has 134 valence electrons. The lowest BCUT2D eigenvalue weighted by Crippen LogP contribution is -2.20. The van der Waals surface area contributed by atoms with Crippen LogP contribution in [0.25, 0.3) is 0 Å². The highest BCUT2D eigenvalue weighted by molar-refractivity contribution is 7.17. The molecule has 3 N–H and O–H groups in total. The number of carbonyl (C=O) groups is 2. The lowest BCUT2D eigenvalue weighted by molar-refractivity contribution is 0.1000. The molecule has 7 heteroatoms. The van der Waals surface area contributed by atoms with E-state index >= 15 is 0 Å². The number of aryl methyl sites for hydroxylation is 2. The minimum atomic E-state index is -0.486. The Morgan fingerprint density at radius 2 is 2.12 bits per heavy atom.